The number of rotatable bonds is 7. The molecular weight excluding hydrogens is 242 g/mol. The first-order valence-electron chi connectivity index (χ1n) is 6.71. The molecule has 0 saturated heterocycles. The van der Waals surface area contributed by atoms with Crippen LogP contribution in [0.25, 0.3) is 0 Å². The maximum atomic E-state index is 11.4. The van der Waals surface area contributed by atoms with E-state index in [2.05, 4.69) is 16.8 Å². The van der Waals surface area contributed by atoms with E-state index in [1.54, 1.807) is 6.20 Å². The Balaban J connectivity index is 2.70. The number of pyridine rings is 1. The van der Waals surface area contributed by atoms with E-state index in [1.807, 2.05) is 19.9 Å². The highest BCUT2D eigenvalue weighted by Crippen LogP contribution is 2.18. The van der Waals surface area contributed by atoms with E-state index >= 15 is 0 Å². The molecule has 0 fully saturated rings. The summed E-state index contributed by atoms with van der Waals surface area (Å²) in [7, 11) is 0. The first-order valence-corrected chi connectivity index (χ1v) is 6.71. The summed E-state index contributed by atoms with van der Waals surface area (Å²) >= 11 is 0. The zero-order valence-electron chi connectivity index (χ0n) is 12.0. The second-order valence-corrected chi connectivity index (χ2v) is 4.44. The number of nitrogens with two attached hydrogens (primary N) is 1. The number of ether oxygens (including phenoxy) is 1. The predicted molar refractivity (Wildman–Crippen MR) is 77.1 cm³/mol. The zero-order valence-corrected chi connectivity index (χ0v) is 12.0. The van der Waals surface area contributed by atoms with Crippen LogP contribution >= 0.6 is 0 Å². The Hall–Kier alpha value is -1.78. The van der Waals surface area contributed by atoms with Gasteiger partial charge in [0.1, 0.15) is 5.82 Å². The summed E-state index contributed by atoms with van der Waals surface area (Å²) in [4.78, 5) is 17.7. The van der Waals surface area contributed by atoms with Gasteiger partial charge in [0.15, 0.2) is 0 Å². The third kappa shape index (κ3) is 4.77. The summed E-state index contributed by atoms with van der Waals surface area (Å²) < 4.78 is 4.95. The van der Waals surface area contributed by atoms with Crippen LogP contribution in [0.5, 0.6) is 0 Å². The van der Waals surface area contributed by atoms with Gasteiger partial charge in [0.25, 0.3) is 0 Å². The SMILES string of the molecule is CCCN(CCC(=O)OCC)c1cnc(N)c(C)c1. The second kappa shape index (κ2) is 7.61. The van der Waals surface area contributed by atoms with Gasteiger partial charge in [0.05, 0.1) is 24.9 Å². The summed E-state index contributed by atoms with van der Waals surface area (Å²) in [6.45, 7) is 7.79. The van der Waals surface area contributed by atoms with E-state index in [1.165, 1.54) is 0 Å². The van der Waals surface area contributed by atoms with Gasteiger partial charge in [-0.3, -0.25) is 4.79 Å². The van der Waals surface area contributed by atoms with Crippen LogP contribution in [0.15, 0.2) is 12.3 Å². The molecule has 0 aromatic carbocycles. The monoisotopic (exact) mass is 265 g/mol. The predicted octanol–water partition coefficient (Wildman–Crippen LogP) is 2.14. The molecule has 0 aliphatic rings. The summed E-state index contributed by atoms with van der Waals surface area (Å²) in [5.41, 5.74) is 7.67. The van der Waals surface area contributed by atoms with Crippen LogP contribution in [0.1, 0.15) is 32.3 Å². The second-order valence-electron chi connectivity index (χ2n) is 4.44. The first kappa shape index (κ1) is 15.3. The summed E-state index contributed by atoms with van der Waals surface area (Å²) in [6.07, 6.45) is 3.15. The molecule has 0 spiro atoms. The molecule has 1 rings (SSSR count). The normalized spacial score (nSPS) is 10.3. The number of esters is 1. The summed E-state index contributed by atoms with van der Waals surface area (Å²) in [6, 6.07) is 2.00. The molecule has 0 bridgehead atoms. The Bertz CT molecular complexity index is 421. The van der Waals surface area contributed by atoms with Crippen LogP contribution in [0.4, 0.5) is 11.5 Å². The number of carbonyl (C=O) groups is 1. The smallest absolute Gasteiger partial charge is 0.307 e. The summed E-state index contributed by atoms with van der Waals surface area (Å²) in [5, 5.41) is 0. The largest absolute Gasteiger partial charge is 0.466 e. The van der Waals surface area contributed by atoms with Crippen LogP contribution < -0.4 is 10.6 Å². The van der Waals surface area contributed by atoms with Crippen molar-refractivity contribution < 1.29 is 9.53 Å². The van der Waals surface area contributed by atoms with E-state index in [0.717, 1.165) is 24.2 Å². The van der Waals surface area contributed by atoms with Crippen LogP contribution in [0.3, 0.4) is 0 Å². The molecule has 1 aromatic rings. The van der Waals surface area contributed by atoms with E-state index in [9.17, 15) is 4.79 Å². The lowest BCUT2D eigenvalue weighted by Crippen LogP contribution is -2.27. The van der Waals surface area contributed by atoms with Crippen molar-refractivity contribution in [2.24, 2.45) is 0 Å². The van der Waals surface area contributed by atoms with Crippen molar-refractivity contribution in [3.63, 3.8) is 0 Å². The van der Waals surface area contributed by atoms with Crippen LogP contribution in [-0.4, -0.2) is 30.6 Å². The molecule has 0 unspecified atom stereocenters. The Kier molecular flexibility index (Phi) is 6.12. The van der Waals surface area contributed by atoms with E-state index < -0.39 is 0 Å². The minimum Gasteiger partial charge on any atom is -0.466 e. The maximum absolute atomic E-state index is 11.4. The molecule has 0 amide bonds. The lowest BCUT2D eigenvalue weighted by Gasteiger charge is -2.24. The number of aryl methyl sites for hydroxylation is 1. The van der Waals surface area contributed by atoms with Crippen molar-refractivity contribution in [1.82, 2.24) is 4.98 Å². The van der Waals surface area contributed by atoms with Gasteiger partial charge >= 0.3 is 5.97 Å². The fourth-order valence-electron chi connectivity index (χ4n) is 1.84. The Morgan fingerprint density at radius 3 is 2.74 bits per heavy atom. The Morgan fingerprint density at radius 1 is 1.42 bits per heavy atom. The fourth-order valence-corrected chi connectivity index (χ4v) is 1.84. The number of hydrogen-bond acceptors (Lipinski definition) is 5. The molecule has 106 valence electrons. The standard InChI is InChI=1S/C14H23N3O2/c1-4-7-17(8-6-13(18)19-5-2)12-9-11(3)14(15)16-10-12/h9-10H,4-8H2,1-3H3,(H2,15,16). The third-order valence-electron chi connectivity index (χ3n) is 2.85. The van der Waals surface area contributed by atoms with Crippen molar-refractivity contribution in [2.45, 2.75) is 33.6 Å². The van der Waals surface area contributed by atoms with Crippen molar-refractivity contribution in [3.05, 3.63) is 17.8 Å². The number of anilines is 2. The van der Waals surface area contributed by atoms with Crippen LogP contribution in [-0.2, 0) is 9.53 Å². The molecule has 0 atom stereocenters. The number of aromatic nitrogens is 1. The molecule has 0 aliphatic heterocycles. The highest BCUT2D eigenvalue weighted by molar-refractivity contribution is 5.70. The Labute approximate surface area is 114 Å². The number of nitrogen functional groups attached to an aromatic ring is 1. The minimum absolute atomic E-state index is 0.163. The molecule has 19 heavy (non-hydrogen) atoms. The molecule has 0 aliphatic carbocycles. The molecule has 5 heteroatoms. The van der Waals surface area contributed by atoms with Gasteiger partial charge < -0.3 is 15.4 Å². The first-order chi connectivity index (χ1) is 9.08. The lowest BCUT2D eigenvalue weighted by molar-refractivity contribution is -0.142. The highest BCUT2D eigenvalue weighted by atomic mass is 16.5. The van der Waals surface area contributed by atoms with E-state index in [-0.39, 0.29) is 5.97 Å². The van der Waals surface area contributed by atoms with Gasteiger partial charge in [-0.15, -0.1) is 0 Å². The minimum atomic E-state index is -0.163. The van der Waals surface area contributed by atoms with Crippen LogP contribution in [0.2, 0.25) is 0 Å². The number of carbonyl (C=O) groups excluding carboxylic acids is 1. The molecule has 0 radical (unpaired) electrons. The lowest BCUT2D eigenvalue weighted by atomic mass is 10.2. The summed E-state index contributed by atoms with van der Waals surface area (Å²) in [5.74, 6) is 0.384. The Morgan fingerprint density at radius 2 is 2.16 bits per heavy atom. The quantitative estimate of drug-likeness (QED) is 0.765. The van der Waals surface area contributed by atoms with Crippen molar-refractivity contribution in [1.29, 1.82) is 0 Å². The van der Waals surface area contributed by atoms with Gasteiger partial charge in [0.2, 0.25) is 0 Å². The maximum Gasteiger partial charge on any atom is 0.307 e. The van der Waals surface area contributed by atoms with Gasteiger partial charge in [-0.2, -0.15) is 0 Å². The zero-order chi connectivity index (χ0) is 14.3. The fraction of sp³-hybridized carbons (Fsp3) is 0.571. The average molecular weight is 265 g/mol. The molecule has 1 aromatic heterocycles. The average Bonchev–Trinajstić information content (AvgIpc) is 2.38. The van der Waals surface area contributed by atoms with Gasteiger partial charge in [0, 0.05) is 13.1 Å². The number of nitrogens with zero attached hydrogens (tertiary/aromatic N) is 2. The van der Waals surface area contributed by atoms with Crippen molar-refractivity contribution >= 4 is 17.5 Å². The van der Waals surface area contributed by atoms with Gasteiger partial charge in [-0.25, -0.2) is 4.98 Å². The number of hydrogen-bond donors (Lipinski definition) is 1. The van der Waals surface area contributed by atoms with Crippen molar-refractivity contribution in [3.8, 4) is 0 Å². The topological polar surface area (TPSA) is 68.5 Å². The van der Waals surface area contributed by atoms with E-state index in [0.29, 0.717) is 25.4 Å². The molecule has 1 heterocycles. The molecule has 2 N–H and O–H groups in total. The highest BCUT2D eigenvalue weighted by Gasteiger charge is 2.10. The molecule has 5 nitrogen and oxygen atoms in total. The van der Waals surface area contributed by atoms with E-state index in [4.69, 9.17) is 10.5 Å². The van der Waals surface area contributed by atoms with Gasteiger partial charge in [-0.1, -0.05) is 6.92 Å². The van der Waals surface area contributed by atoms with Gasteiger partial charge in [-0.05, 0) is 31.9 Å². The van der Waals surface area contributed by atoms with Crippen molar-refractivity contribution in [2.75, 3.05) is 30.3 Å². The molecular formula is C14H23N3O2. The van der Waals surface area contributed by atoms with Crippen LogP contribution in [0, 0.1) is 6.92 Å². The molecule has 0 saturated carbocycles. The third-order valence-corrected chi connectivity index (χ3v) is 2.85.